The molecule has 0 unspecified atom stereocenters. The van der Waals surface area contributed by atoms with Crippen LogP contribution in [0.25, 0.3) is 0 Å². The molecule has 0 radical (unpaired) electrons. The van der Waals surface area contributed by atoms with Gasteiger partial charge in [0, 0.05) is 5.70 Å². The summed E-state index contributed by atoms with van der Waals surface area (Å²) >= 11 is 0. The fourth-order valence-corrected chi connectivity index (χ4v) is 3.35. The molecule has 32 heavy (non-hydrogen) atoms. The minimum atomic E-state index is -4.60. The number of urea groups is 1. The number of hydrogen-bond acceptors (Lipinski definition) is 4. The average molecular weight is 441 g/mol. The highest BCUT2D eigenvalue weighted by Crippen LogP contribution is 2.37. The number of amides is 2. The van der Waals surface area contributed by atoms with Crippen molar-refractivity contribution >= 4 is 17.7 Å². The van der Waals surface area contributed by atoms with Gasteiger partial charge in [-0.3, -0.25) is 4.90 Å². The van der Waals surface area contributed by atoms with Gasteiger partial charge in [0.2, 0.25) is 0 Å². The Labute approximate surface area is 182 Å². The van der Waals surface area contributed by atoms with Crippen LogP contribution in [0.2, 0.25) is 0 Å². The van der Waals surface area contributed by atoms with Crippen LogP contribution >= 0.6 is 0 Å². The third-order valence-corrected chi connectivity index (χ3v) is 4.84. The molecule has 9 heteroatoms. The Morgan fingerprint density at radius 3 is 2.56 bits per heavy atom. The van der Waals surface area contributed by atoms with Crippen molar-refractivity contribution in [2.24, 2.45) is 0 Å². The van der Waals surface area contributed by atoms with E-state index < -0.39 is 29.8 Å². The maximum Gasteiger partial charge on any atom is 0.416 e. The van der Waals surface area contributed by atoms with E-state index in [-0.39, 0.29) is 23.6 Å². The molecule has 1 aliphatic rings. The highest BCUT2D eigenvalue weighted by atomic mass is 19.4. The smallest absolute Gasteiger partial charge is 0.416 e. The summed E-state index contributed by atoms with van der Waals surface area (Å²) in [5.74, 6) is -0.756. The number of nitriles is 1. The number of alkyl halides is 3. The fraction of sp³-hybridized carbons (Fsp3) is 0.174. The predicted molar refractivity (Wildman–Crippen MR) is 110 cm³/mol. The molecule has 3 rings (SSSR count). The van der Waals surface area contributed by atoms with Crippen LogP contribution in [-0.4, -0.2) is 18.6 Å². The SMILES string of the molecule is C=CCOC(=O)C1=C(C)N(c2cccc(C(F)(F)F)c2)C(=O)N[C@@H]1c1ccc(C#N)cc1. The lowest BCUT2D eigenvalue weighted by Gasteiger charge is -2.35. The number of benzene rings is 2. The Bertz CT molecular complexity index is 1130. The molecule has 2 aromatic rings. The van der Waals surface area contributed by atoms with Gasteiger partial charge >= 0.3 is 18.2 Å². The number of carbonyl (C=O) groups is 2. The number of carbonyl (C=O) groups excluding carboxylic acids is 2. The van der Waals surface area contributed by atoms with Crippen molar-refractivity contribution in [3.8, 4) is 6.07 Å². The number of nitrogens with one attached hydrogen (secondary N) is 1. The van der Waals surface area contributed by atoms with Crippen molar-refractivity contribution in [2.45, 2.75) is 19.1 Å². The summed E-state index contributed by atoms with van der Waals surface area (Å²) in [6, 6.07) is 10.8. The largest absolute Gasteiger partial charge is 0.458 e. The second-order valence-corrected chi connectivity index (χ2v) is 6.89. The van der Waals surface area contributed by atoms with E-state index in [4.69, 9.17) is 10.00 Å². The molecule has 2 aromatic carbocycles. The Hall–Kier alpha value is -4.06. The summed E-state index contributed by atoms with van der Waals surface area (Å²) in [7, 11) is 0. The second kappa shape index (κ2) is 8.98. The standard InChI is InChI=1S/C23H18F3N3O3/c1-3-11-32-21(30)19-14(2)29(18-6-4-5-17(12-18)23(24,25)26)22(31)28-20(19)16-9-7-15(13-27)8-10-16/h3-10,12,20H,1,11H2,2H3,(H,28,31)/t20-/m1/s1. The molecule has 6 nitrogen and oxygen atoms in total. The third kappa shape index (κ3) is 4.49. The van der Waals surface area contributed by atoms with Gasteiger partial charge in [0.25, 0.3) is 0 Å². The number of rotatable bonds is 5. The molecule has 0 aromatic heterocycles. The molecule has 0 saturated carbocycles. The van der Waals surface area contributed by atoms with E-state index in [2.05, 4.69) is 11.9 Å². The number of esters is 1. The van der Waals surface area contributed by atoms with E-state index in [0.29, 0.717) is 11.1 Å². The summed E-state index contributed by atoms with van der Waals surface area (Å²) in [5.41, 5.74) is 0.0803. The van der Waals surface area contributed by atoms with Crippen LogP contribution in [0, 0.1) is 11.3 Å². The summed E-state index contributed by atoms with van der Waals surface area (Å²) in [6.45, 7) is 4.86. The Balaban J connectivity index is 2.13. The van der Waals surface area contributed by atoms with Gasteiger partial charge in [-0.05, 0) is 42.8 Å². The third-order valence-electron chi connectivity index (χ3n) is 4.84. The lowest BCUT2D eigenvalue weighted by Crippen LogP contribution is -2.48. The van der Waals surface area contributed by atoms with Crippen LogP contribution in [0.15, 0.2) is 72.5 Å². The van der Waals surface area contributed by atoms with Gasteiger partial charge in [0.1, 0.15) is 6.61 Å². The summed E-state index contributed by atoms with van der Waals surface area (Å²) in [6.07, 6.45) is -3.23. The van der Waals surface area contributed by atoms with Crippen molar-refractivity contribution < 1.29 is 27.5 Å². The first kappa shape index (κ1) is 22.6. The van der Waals surface area contributed by atoms with Crippen molar-refractivity contribution in [1.82, 2.24) is 5.32 Å². The normalized spacial score (nSPS) is 16.3. The Morgan fingerprint density at radius 2 is 1.97 bits per heavy atom. The van der Waals surface area contributed by atoms with E-state index in [1.807, 2.05) is 6.07 Å². The van der Waals surface area contributed by atoms with Crippen molar-refractivity contribution in [1.29, 1.82) is 5.26 Å². The first-order chi connectivity index (χ1) is 15.2. The second-order valence-electron chi connectivity index (χ2n) is 6.89. The highest BCUT2D eigenvalue weighted by Gasteiger charge is 2.38. The van der Waals surface area contributed by atoms with E-state index in [0.717, 1.165) is 17.0 Å². The lowest BCUT2D eigenvalue weighted by molar-refractivity contribution is -0.139. The van der Waals surface area contributed by atoms with Crippen molar-refractivity contribution in [3.63, 3.8) is 0 Å². The van der Waals surface area contributed by atoms with E-state index in [9.17, 15) is 22.8 Å². The van der Waals surface area contributed by atoms with Gasteiger partial charge in [-0.2, -0.15) is 18.4 Å². The molecule has 0 spiro atoms. The minimum absolute atomic E-state index is 0.0496. The molecule has 1 N–H and O–H groups in total. The maximum absolute atomic E-state index is 13.2. The van der Waals surface area contributed by atoms with Crippen LogP contribution in [0.1, 0.15) is 29.7 Å². The predicted octanol–water partition coefficient (Wildman–Crippen LogP) is 4.85. The van der Waals surface area contributed by atoms with Gasteiger partial charge < -0.3 is 10.1 Å². The van der Waals surface area contributed by atoms with Crippen molar-refractivity contribution in [3.05, 3.63) is 89.1 Å². The van der Waals surface area contributed by atoms with Crippen LogP contribution in [0.3, 0.4) is 0 Å². The zero-order valence-electron chi connectivity index (χ0n) is 16.9. The first-order valence-electron chi connectivity index (χ1n) is 9.44. The monoisotopic (exact) mass is 441 g/mol. The molecule has 0 aliphatic carbocycles. The molecular formula is C23H18F3N3O3. The van der Waals surface area contributed by atoms with E-state index >= 15 is 0 Å². The van der Waals surface area contributed by atoms with E-state index in [1.54, 1.807) is 12.1 Å². The first-order valence-corrected chi connectivity index (χ1v) is 9.44. The molecular weight excluding hydrogens is 423 g/mol. The molecule has 164 valence electrons. The number of halogens is 3. The topological polar surface area (TPSA) is 82.4 Å². The van der Waals surface area contributed by atoms with Gasteiger partial charge in [-0.1, -0.05) is 30.9 Å². The van der Waals surface area contributed by atoms with Gasteiger partial charge in [0.15, 0.2) is 0 Å². The molecule has 1 aliphatic heterocycles. The number of allylic oxidation sites excluding steroid dienone is 1. The summed E-state index contributed by atoms with van der Waals surface area (Å²) in [4.78, 5) is 26.8. The molecule has 1 heterocycles. The van der Waals surface area contributed by atoms with Gasteiger partial charge in [-0.25, -0.2) is 9.59 Å². The summed E-state index contributed by atoms with van der Waals surface area (Å²) < 4.78 is 44.7. The average Bonchev–Trinajstić information content (AvgIpc) is 2.76. The van der Waals surface area contributed by atoms with Crippen LogP contribution < -0.4 is 10.2 Å². The zero-order valence-corrected chi connectivity index (χ0v) is 16.9. The van der Waals surface area contributed by atoms with Crippen LogP contribution in [-0.2, 0) is 15.7 Å². The number of hydrogen-bond donors (Lipinski definition) is 1. The van der Waals surface area contributed by atoms with Crippen LogP contribution in [0.4, 0.5) is 23.7 Å². The molecule has 1 atom stereocenters. The van der Waals surface area contributed by atoms with Gasteiger partial charge in [-0.15, -0.1) is 0 Å². The highest BCUT2D eigenvalue weighted by molar-refractivity contribution is 6.03. The quantitative estimate of drug-likeness (QED) is 0.531. The molecule has 0 bridgehead atoms. The number of ether oxygens (including phenoxy) is 1. The maximum atomic E-state index is 13.2. The number of nitrogens with zero attached hydrogens (tertiary/aromatic N) is 2. The Morgan fingerprint density at radius 1 is 1.28 bits per heavy atom. The molecule has 2 amide bonds. The van der Waals surface area contributed by atoms with Crippen molar-refractivity contribution in [2.75, 3.05) is 11.5 Å². The minimum Gasteiger partial charge on any atom is -0.458 e. The van der Waals surface area contributed by atoms with Crippen LogP contribution in [0.5, 0.6) is 0 Å². The molecule has 0 fully saturated rings. The fourth-order valence-electron chi connectivity index (χ4n) is 3.35. The lowest BCUT2D eigenvalue weighted by atomic mass is 9.94. The van der Waals surface area contributed by atoms with E-state index in [1.165, 1.54) is 37.3 Å². The Kier molecular flexibility index (Phi) is 6.35. The number of anilines is 1. The molecule has 0 saturated heterocycles. The summed E-state index contributed by atoms with van der Waals surface area (Å²) in [5, 5.41) is 11.7. The zero-order chi connectivity index (χ0) is 23.5. The van der Waals surface area contributed by atoms with Gasteiger partial charge in [0.05, 0.1) is 34.5 Å².